The Morgan fingerprint density at radius 2 is 1.96 bits per heavy atom. The molecular formula is C17H26ClN3O3S. The molecule has 2 aliphatic rings. The molecule has 2 fully saturated rings. The van der Waals surface area contributed by atoms with Gasteiger partial charge in [-0.05, 0) is 49.8 Å². The molecule has 3 atom stereocenters. The molecule has 3 rings (SSSR count). The van der Waals surface area contributed by atoms with Gasteiger partial charge in [-0.2, -0.15) is 0 Å². The largest absolute Gasteiger partial charge is 0.325 e. The number of amides is 1. The van der Waals surface area contributed by atoms with E-state index in [0.29, 0.717) is 23.3 Å². The van der Waals surface area contributed by atoms with Gasteiger partial charge in [0, 0.05) is 11.7 Å². The number of fused-ring (bicyclic) bond motifs is 1. The molecule has 1 aromatic rings. The number of aryl methyl sites for hydroxylation is 1. The maximum Gasteiger partial charge on any atom is 0.241 e. The van der Waals surface area contributed by atoms with Gasteiger partial charge in [-0.3, -0.25) is 9.52 Å². The third kappa shape index (κ3) is 5.09. The molecule has 0 spiro atoms. The van der Waals surface area contributed by atoms with Crippen molar-refractivity contribution in [3.05, 3.63) is 23.8 Å². The summed E-state index contributed by atoms with van der Waals surface area (Å²) in [4.78, 5) is 12.5. The highest BCUT2D eigenvalue weighted by molar-refractivity contribution is 7.92. The molecule has 8 heteroatoms. The van der Waals surface area contributed by atoms with Crippen LogP contribution in [0.2, 0.25) is 0 Å². The predicted octanol–water partition coefficient (Wildman–Crippen LogP) is 2.65. The Bertz CT molecular complexity index is 725. The van der Waals surface area contributed by atoms with Crippen LogP contribution in [-0.4, -0.2) is 32.7 Å². The lowest BCUT2D eigenvalue weighted by Crippen LogP contribution is -2.39. The van der Waals surface area contributed by atoms with Gasteiger partial charge in [-0.25, -0.2) is 8.42 Å². The molecule has 140 valence electrons. The quantitative estimate of drug-likeness (QED) is 0.741. The standard InChI is InChI=1S/C17H25N3O3S.ClH/c1-11-7-8-13(10-15(11)20-24(2,22)23)18-17(21)16-9-12-5-3-4-6-14(12)19-16;/h7-8,10,12,14,16,19-20H,3-6,9H2,1-2H3,(H,18,21);1H. The average Bonchev–Trinajstić information content (AvgIpc) is 2.93. The fourth-order valence-corrected chi connectivity index (χ4v) is 4.38. The summed E-state index contributed by atoms with van der Waals surface area (Å²) in [5.41, 5.74) is 1.90. The summed E-state index contributed by atoms with van der Waals surface area (Å²) in [6.07, 6.45) is 6.85. The van der Waals surface area contributed by atoms with Gasteiger partial charge in [0.1, 0.15) is 0 Å². The van der Waals surface area contributed by atoms with Crippen LogP contribution in [0.15, 0.2) is 18.2 Å². The lowest BCUT2D eigenvalue weighted by atomic mass is 9.85. The van der Waals surface area contributed by atoms with E-state index in [4.69, 9.17) is 0 Å². The Morgan fingerprint density at radius 1 is 1.24 bits per heavy atom. The lowest BCUT2D eigenvalue weighted by Gasteiger charge is -2.24. The van der Waals surface area contributed by atoms with Crippen molar-refractivity contribution >= 4 is 39.7 Å². The number of halogens is 1. The van der Waals surface area contributed by atoms with Crippen molar-refractivity contribution in [2.75, 3.05) is 16.3 Å². The topological polar surface area (TPSA) is 87.3 Å². The van der Waals surface area contributed by atoms with E-state index < -0.39 is 10.0 Å². The van der Waals surface area contributed by atoms with Crippen molar-refractivity contribution < 1.29 is 13.2 Å². The third-order valence-electron chi connectivity index (χ3n) is 4.98. The zero-order valence-corrected chi connectivity index (χ0v) is 16.2. The first-order valence-electron chi connectivity index (χ1n) is 8.47. The van der Waals surface area contributed by atoms with Gasteiger partial charge in [0.15, 0.2) is 0 Å². The number of anilines is 2. The molecule has 1 amide bonds. The van der Waals surface area contributed by atoms with Gasteiger partial charge in [-0.15, -0.1) is 12.4 Å². The van der Waals surface area contributed by atoms with E-state index in [1.165, 1.54) is 19.3 Å². The monoisotopic (exact) mass is 387 g/mol. The molecule has 1 saturated carbocycles. The smallest absolute Gasteiger partial charge is 0.241 e. The summed E-state index contributed by atoms with van der Waals surface area (Å²) in [6, 6.07) is 5.56. The fourth-order valence-electron chi connectivity index (χ4n) is 3.76. The summed E-state index contributed by atoms with van der Waals surface area (Å²) in [5, 5.41) is 6.36. The van der Waals surface area contributed by atoms with Crippen LogP contribution >= 0.6 is 12.4 Å². The van der Waals surface area contributed by atoms with Gasteiger partial charge in [0.05, 0.1) is 18.0 Å². The molecule has 3 unspecified atom stereocenters. The van der Waals surface area contributed by atoms with Crippen molar-refractivity contribution in [2.45, 2.75) is 51.1 Å². The average molecular weight is 388 g/mol. The molecule has 0 bridgehead atoms. The Morgan fingerprint density at radius 3 is 2.64 bits per heavy atom. The van der Waals surface area contributed by atoms with E-state index in [1.54, 1.807) is 18.2 Å². The molecule has 1 aromatic carbocycles. The second-order valence-corrected chi connectivity index (χ2v) is 8.75. The zero-order valence-electron chi connectivity index (χ0n) is 14.5. The minimum atomic E-state index is -3.35. The highest BCUT2D eigenvalue weighted by Crippen LogP contribution is 2.33. The van der Waals surface area contributed by atoms with Crippen molar-refractivity contribution in [1.29, 1.82) is 0 Å². The van der Waals surface area contributed by atoms with E-state index >= 15 is 0 Å². The van der Waals surface area contributed by atoms with Crippen LogP contribution in [0.25, 0.3) is 0 Å². The minimum absolute atomic E-state index is 0. The molecule has 1 saturated heterocycles. The normalized spacial score (nSPS) is 25.6. The first-order valence-corrected chi connectivity index (χ1v) is 10.4. The number of carbonyl (C=O) groups is 1. The Labute approximate surface area is 155 Å². The van der Waals surface area contributed by atoms with Gasteiger partial charge in [0.25, 0.3) is 0 Å². The molecule has 0 radical (unpaired) electrons. The maximum atomic E-state index is 12.5. The highest BCUT2D eigenvalue weighted by atomic mass is 35.5. The predicted molar refractivity (Wildman–Crippen MR) is 103 cm³/mol. The Balaban J connectivity index is 0.00000225. The first-order chi connectivity index (χ1) is 11.3. The molecule has 25 heavy (non-hydrogen) atoms. The molecule has 1 heterocycles. The summed E-state index contributed by atoms with van der Waals surface area (Å²) in [6.45, 7) is 1.82. The second kappa shape index (κ2) is 7.93. The zero-order chi connectivity index (χ0) is 17.3. The van der Waals surface area contributed by atoms with E-state index in [0.717, 1.165) is 24.7 Å². The van der Waals surface area contributed by atoms with Crippen LogP contribution in [0.5, 0.6) is 0 Å². The first kappa shape index (κ1) is 20.0. The Kier molecular flexibility index (Phi) is 6.35. The molecule has 6 nitrogen and oxygen atoms in total. The molecule has 1 aliphatic heterocycles. The van der Waals surface area contributed by atoms with Crippen molar-refractivity contribution in [1.82, 2.24) is 5.32 Å². The number of rotatable bonds is 4. The second-order valence-electron chi connectivity index (χ2n) is 7.00. The number of sulfonamides is 1. The lowest BCUT2D eigenvalue weighted by molar-refractivity contribution is -0.117. The van der Waals surface area contributed by atoms with E-state index in [9.17, 15) is 13.2 Å². The third-order valence-corrected chi connectivity index (χ3v) is 5.57. The number of benzene rings is 1. The van der Waals surface area contributed by atoms with Crippen molar-refractivity contribution in [2.24, 2.45) is 5.92 Å². The van der Waals surface area contributed by atoms with Gasteiger partial charge >= 0.3 is 0 Å². The van der Waals surface area contributed by atoms with Crippen LogP contribution < -0.4 is 15.4 Å². The van der Waals surface area contributed by atoms with Crippen LogP contribution in [0.4, 0.5) is 11.4 Å². The van der Waals surface area contributed by atoms with E-state index in [1.807, 2.05) is 6.92 Å². The van der Waals surface area contributed by atoms with Crippen LogP contribution in [0, 0.1) is 12.8 Å². The maximum absolute atomic E-state index is 12.5. The van der Waals surface area contributed by atoms with Gasteiger partial charge < -0.3 is 10.6 Å². The molecule has 0 aromatic heterocycles. The summed E-state index contributed by atoms with van der Waals surface area (Å²) >= 11 is 0. The fraction of sp³-hybridized carbons (Fsp3) is 0.588. The number of hydrogen-bond donors (Lipinski definition) is 3. The summed E-state index contributed by atoms with van der Waals surface area (Å²) in [7, 11) is -3.35. The van der Waals surface area contributed by atoms with Gasteiger partial charge in [-0.1, -0.05) is 18.9 Å². The van der Waals surface area contributed by atoms with E-state index in [-0.39, 0.29) is 24.4 Å². The van der Waals surface area contributed by atoms with Crippen LogP contribution in [0.1, 0.15) is 37.7 Å². The summed E-state index contributed by atoms with van der Waals surface area (Å²) in [5.74, 6) is 0.563. The molecular weight excluding hydrogens is 362 g/mol. The number of carbonyl (C=O) groups excluding carboxylic acids is 1. The SMILES string of the molecule is Cc1ccc(NC(=O)C2CC3CCCCC3N2)cc1NS(C)(=O)=O.Cl. The van der Waals surface area contributed by atoms with Crippen LogP contribution in [-0.2, 0) is 14.8 Å². The van der Waals surface area contributed by atoms with Gasteiger partial charge in [0.2, 0.25) is 15.9 Å². The van der Waals surface area contributed by atoms with Crippen molar-refractivity contribution in [3.63, 3.8) is 0 Å². The minimum Gasteiger partial charge on any atom is -0.325 e. The number of hydrogen-bond acceptors (Lipinski definition) is 4. The van der Waals surface area contributed by atoms with Crippen molar-refractivity contribution in [3.8, 4) is 0 Å². The highest BCUT2D eigenvalue weighted by Gasteiger charge is 2.38. The molecule has 3 N–H and O–H groups in total. The Hall–Kier alpha value is -1.31. The van der Waals surface area contributed by atoms with E-state index in [2.05, 4.69) is 15.4 Å². The summed E-state index contributed by atoms with van der Waals surface area (Å²) < 4.78 is 25.3. The van der Waals surface area contributed by atoms with Crippen LogP contribution in [0.3, 0.4) is 0 Å². The number of nitrogens with one attached hydrogen (secondary N) is 3. The molecule has 1 aliphatic carbocycles.